The van der Waals surface area contributed by atoms with Gasteiger partial charge in [0.15, 0.2) is 0 Å². The maximum absolute atomic E-state index is 13.4. The Kier molecular flexibility index (Phi) is 4.27. The van der Waals surface area contributed by atoms with Gasteiger partial charge in [-0.2, -0.15) is 5.10 Å². The van der Waals surface area contributed by atoms with Gasteiger partial charge in [-0.3, -0.25) is 14.5 Å². The Morgan fingerprint density at radius 3 is 2.48 bits per heavy atom. The molecule has 146 valence electrons. The van der Waals surface area contributed by atoms with Gasteiger partial charge in [0.2, 0.25) is 0 Å². The van der Waals surface area contributed by atoms with Crippen LogP contribution < -0.4 is 4.90 Å². The Hall–Kier alpha value is -3.61. The van der Waals surface area contributed by atoms with Crippen LogP contribution in [0, 0.1) is 0 Å². The topological polar surface area (TPSA) is 58.7 Å². The fraction of sp³-hybridized carbons (Fsp3) is 0.227. The highest BCUT2D eigenvalue weighted by Gasteiger charge is 2.25. The SMILES string of the molecule is Cn1ccc(-c2cc(C(=O)N3CCN(c4ccncc4)CC3)c3ccccn23)n1. The number of aromatic nitrogens is 4. The maximum atomic E-state index is 13.4. The molecule has 5 rings (SSSR count). The van der Waals surface area contributed by atoms with Crippen molar-refractivity contribution in [3.63, 3.8) is 0 Å². The zero-order chi connectivity index (χ0) is 19.8. The van der Waals surface area contributed by atoms with Gasteiger partial charge >= 0.3 is 0 Å². The molecule has 0 atom stereocenters. The molecule has 0 saturated carbocycles. The molecular formula is C22H22N6O. The van der Waals surface area contributed by atoms with Crippen molar-refractivity contribution in [2.75, 3.05) is 31.1 Å². The molecule has 7 nitrogen and oxygen atoms in total. The maximum Gasteiger partial charge on any atom is 0.256 e. The van der Waals surface area contributed by atoms with Crippen molar-refractivity contribution in [2.24, 2.45) is 7.05 Å². The molecule has 4 aromatic heterocycles. The fourth-order valence-electron chi connectivity index (χ4n) is 3.97. The molecule has 1 aliphatic rings. The summed E-state index contributed by atoms with van der Waals surface area (Å²) in [4.78, 5) is 21.7. The van der Waals surface area contributed by atoms with Crippen molar-refractivity contribution < 1.29 is 4.79 Å². The molecule has 0 unspecified atom stereocenters. The van der Waals surface area contributed by atoms with Crippen molar-refractivity contribution >= 4 is 17.1 Å². The molecule has 0 bridgehead atoms. The van der Waals surface area contributed by atoms with Gasteiger partial charge in [0.05, 0.1) is 16.8 Å². The van der Waals surface area contributed by atoms with E-state index in [4.69, 9.17) is 0 Å². The van der Waals surface area contributed by atoms with Gasteiger partial charge in [0.1, 0.15) is 5.69 Å². The minimum atomic E-state index is 0.0743. The van der Waals surface area contributed by atoms with E-state index in [0.29, 0.717) is 13.1 Å². The summed E-state index contributed by atoms with van der Waals surface area (Å²) >= 11 is 0. The summed E-state index contributed by atoms with van der Waals surface area (Å²) in [5, 5.41) is 4.52. The molecule has 29 heavy (non-hydrogen) atoms. The summed E-state index contributed by atoms with van der Waals surface area (Å²) in [6.45, 7) is 3.03. The molecule has 0 aromatic carbocycles. The number of anilines is 1. The van der Waals surface area contributed by atoms with Gasteiger partial charge in [0, 0.05) is 63.7 Å². The lowest BCUT2D eigenvalue weighted by Crippen LogP contribution is -2.48. The zero-order valence-electron chi connectivity index (χ0n) is 16.3. The Morgan fingerprint density at radius 1 is 0.966 bits per heavy atom. The van der Waals surface area contributed by atoms with E-state index in [1.807, 2.05) is 71.2 Å². The van der Waals surface area contributed by atoms with Crippen LogP contribution in [0.4, 0.5) is 5.69 Å². The number of hydrogen-bond donors (Lipinski definition) is 0. The van der Waals surface area contributed by atoms with Crippen molar-refractivity contribution in [3.05, 3.63) is 72.8 Å². The number of carbonyl (C=O) groups is 1. The number of fused-ring (bicyclic) bond motifs is 1. The Labute approximate surface area is 168 Å². The number of aryl methyl sites for hydroxylation is 1. The molecule has 7 heteroatoms. The predicted octanol–water partition coefficient (Wildman–Crippen LogP) is 2.70. The number of nitrogens with zero attached hydrogens (tertiary/aromatic N) is 6. The fourth-order valence-corrected chi connectivity index (χ4v) is 3.97. The molecule has 1 amide bonds. The van der Waals surface area contributed by atoms with Crippen molar-refractivity contribution in [2.45, 2.75) is 0 Å². The number of pyridine rings is 2. The molecule has 1 aliphatic heterocycles. The van der Waals surface area contributed by atoms with Crippen LogP contribution in [0.3, 0.4) is 0 Å². The van der Waals surface area contributed by atoms with Crippen LogP contribution >= 0.6 is 0 Å². The van der Waals surface area contributed by atoms with E-state index >= 15 is 0 Å². The minimum Gasteiger partial charge on any atom is -0.368 e. The van der Waals surface area contributed by atoms with Gasteiger partial charge in [-0.25, -0.2) is 0 Å². The van der Waals surface area contributed by atoms with Gasteiger partial charge in [-0.05, 0) is 36.4 Å². The third-order valence-corrected chi connectivity index (χ3v) is 5.48. The van der Waals surface area contributed by atoms with Crippen LogP contribution in [-0.2, 0) is 7.05 Å². The van der Waals surface area contributed by atoms with Crippen molar-refractivity contribution in [1.82, 2.24) is 24.1 Å². The third kappa shape index (κ3) is 3.14. The van der Waals surface area contributed by atoms with E-state index < -0.39 is 0 Å². The number of hydrogen-bond acceptors (Lipinski definition) is 4. The summed E-state index contributed by atoms with van der Waals surface area (Å²) in [6.07, 6.45) is 7.51. The number of carbonyl (C=O) groups excluding carboxylic acids is 1. The smallest absolute Gasteiger partial charge is 0.256 e. The highest BCUT2D eigenvalue weighted by Crippen LogP contribution is 2.26. The molecule has 1 fully saturated rings. The molecule has 5 heterocycles. The third-order valence-electron chi connectivity index (χ3n) is 5.48. The minimum absolute atomic E-state index is 0.0743. The van der Waals surface area contributed by atoms with E-state index in [2.05, 4.69) is 15.0 Å². The first-order valence-electron chi connectivity index (χ1n) is 9.75. The van der Waals surface area contributed by atoms with E-state index in [0.717, 1.165) is 41.2 Å². The molecule has 0 radical (unpaired) electrons. The summed E-state index contributed by atoms with van der Waals surface area (Å²) < 4.78 is 3.82. The highest BCUT2D eigenvalue weighted by atomic mass is 16.2. The first-order valence-corrected chi connectivity index (χ1v) is 9.75. The molecule has 0 N–H and O–H groups in total. The van der Waals surface area contributed by atoms with Crippen LogP contribution in [0.2, 0.25) is 0 Å². The standard InChI is InChI=1S/C22H22N6O/c1-25-11-7-19(24-25)21-16-18(20-4-2-3-10-28(20)21)22(29)27-14-12-26(13-15-27)17-5-8-23-9-6-17/h2-11,16H,12-15H2,1H3. The molecule has 0 aliphatic carbocycles. The Bertz CT molecular complexity index is 1150. The molecule has 1 saturated heterocycles. The first-order chi connectivity index (χ1) is 14.2. The molecular weight excluding hydrogens is 364 g/mol. The van der Waals surface area contributed by atoms with Crippen LogP contribution in [0.5, 0.6) is 0 Å². The lowest BCUT2D eigenvalue weighted by atomic mass is 10.2. The first kappa shape index (κ1) is 17.5. The largest absolute Gasteiger partial charge is 0.368 e. The van der Waals surface area contributed by atoms with Crippen molar-refractivity contribution in [1.29, 1.82) is 0 Å². The number of rotatable bonds is 3. The second-order valence-corrected chi connectivity index (χ2v) is 7.26. The predicted molar refractivity (Wildman–Crippen MR) is 112 cm³/mol. The van der Waals surface area contributed by atoms with Gasteiger partial charge < -0.3 is 14.2 Å². The van der Waals surface area contributed by atoms with Crippen LogP contribution in [0.1, 0.15) is 10.4 Å². The summed E-state index contributed by atoms with van der Waals surface area (Å²) in [7, 11) is 1.90. The number of amides is 1. The molecule has 0 spiro atoms. The summed E-state index contributed by atoms with van der Waals surface area (Å²) in [5.74, 6) is 0.0743. The number of piperazine rings is 1. The Morgan fingerprint density at radius 2 is 1.76 bits per heavy atom. The van der Waals surface area contributed by atoms with E-state index in [9.17, 15) is 4.79 Å². The highest BCUT2D eigenvalue weighted by molar-refractivity contribution is 6.02. The lowest BCUT2D eigenvalue weighted by molar-refractivity contribution is 0.0749. The Balaban J connectivity index is 1.42. The van der Waals surface area contributed by atoms with Crippen molar-refractivity contribution in [3.8, 4) is 11.4 Å². The van der Waals surface area contributed by atoms with Crippen LogP contribution in [0.15, 0.2) is 67.3 Å². The monoisotopic (exact) mass is 386 g/mol. The van der Waals surface area contributed by atoms with Gasteiger partial charge in [0.25, 0.3) is 5.91 Å². The second kappa shape index (κ2) is 7.09. The van der Waals surface area contributed by atoms with Crippen LogP contribution in [-0.4, -0.2) is 56.2 Å². The summed E-state index contributed by atoms with van der Waals surface area (Å²) in [6, 6.07) is 13.9. The summed E-state index contributed by atoms with van der Waals surface area (Å²) in [5.41, 5.74) is 4.58. The molecule has 4 aromatic rings. The lowest BCUT2D eigenvalue weighted by Gasteiger charge is -2.36. The zero-order valence-corrected chi connectivity index (χ0v) is 16.3. The second-order valence-electron chi connectivity index (χ2n) is 7.26. The average molecular weight is 386 g/mol. The van der Waals surface area contributed by atoms with Gasteiger partial charge in [-0.15, -0.1) is 0 Å². The van der Waals surface area contributed by atoms with Gasteiger partial charge in [-0.1, -0.05) is 6.07 Å². The van der Waals surface area contributed by atoms with Crippen LogP contribution in [0.25, 0.3) is 16.9 Å². The average Bonchev–Trinajstić information content (AvgIpc) is 3.37. The van der Waals surface area contributed by atoms with E-state index in [-0.39, 0.29) is 5.91 Å². The van der Waals surface area contributed by atoms with E-state index in [1.54, 1.807) is 17.1 Å². The van der Waals surface area contributed by atoms with E-state index in [1.165, 1.54) is 0 Å². The quantitative estimate of drug-likeness (QED) is 0.543. The normalized spacial score (nSPS) is 14.5.